The third-order valence-corrected chi connectivity index (χ3v) is 3.54. The molecule has 1 aromatic heterocycles. The summed E-state index contributed by atoms with van der Waals surface area (Å²) in [6, 6.07) is 0. The molecule has 0 bridgehead atoms. The molecule has 0 aliphatic heterocycles. The molecule has 0 aromatic carbocycles. The third-order valence-electron chi connectivity index (χ3n) is 2.24. The second kappa shape index (κ2) is 7.19. The van der Waals surface area contributed by atoms with E-state index in [0.29, 0.717) is 0 Å². The molecule has 88 valence electrons. The maximum atomic E-state index is 5.45. The van der Waals surface area contributed by atoms with Crippen LogP contribution in [-0.4, -0.2) is 18.2 Å². The predicted molar refractivity (Wildman–Crippen MR) is 79.1 cm³/mol. The van der Waals surface area contributed by atoms with Crippen molar-refractivity contribution in [3.8, 4) is 0 Å². The summed E-state index contributed by atoms with van der Waals surface area (Å²) in [6.45, 7) is 4.11. The Morgan fingerprint density at radius 3 is 2.94 bits per heavy atom. The molecule has 1 aromatic rings. The van der Waals surface area contributed by atoms with E-state index in [-0.39, 0.29) is 6.10 Å². The molecule has 0 saturated heterocycles. The minimum atomic E-state index is 0.146. The van der Waals surface area contributed by atoms with Crippen LogP contribution in [0.5, 0.6) is 0 Å². The first-order valence-electron chi connectivity index (χ1n) is 5.05. The van der Waals surface area contributed by atoms with Crippen LogP contribution in [0.15, 0.2) is 21.1 Å². The van der Waals surface area contributed by atoms with Crippen LogP contribution in [0, 0.1) is 6.92 Å². The van der Waals surface area contributed by atoms with Crippen LogP contribution >= 0.6 is 33.9 Å². The molecule has 0 saturated carbocycles. The highest BCUT2D eigenvalue weighted by Gasteiger charge is 2.08. The lowest BCUT2D eigenvalue weighted by Gasteiger charge is -2.13. The van der Waals surface area contributed by atoms with E-state index in [9.17, 15) is 0 Å². The summed E-state index contributed by atoms with van der Waals surface area (Å²) in [7, 11) is 1.75. The Labute approximate surface area is 115 Å². The van der Waals surface area contributed by atoms with E-state index >= 15 is 0 Å². The van der Waals surface area contributed by atoms with Crippen molar-refractivity contribution in [2.24, 2.45) is 0 Å². The molecule has 1 heterocycles. The van der Waals surface area contributed by atoms with E-state index in [1.54, 1.807) is 18.4 Å². The van der Waals surface area contributed by atoms with Crippen LogP contribution in [0.25, 0.3) is 6.08 Å². The van der Waals surface area contributed by atoms with Gasteiger partial charge in [0.15, 0.2) is 0 Å². The second-order valence-electron chi connectivity index (χ2n) is 3.50. The SMILES string of the molecule is CO[C@@H](CC=CI)C(C)=Cc1csc(C)n1. The quantitative estimate of drug-likeness (QED) is 0.743. The van der Waals surface area contributed by atoms with E-state index in [4.69, 9.17) is 4.74 Å². The van der Waals surface area contributed by atoms with Gasteiger partial charge in [-0.3, -0.25) is 0 Å². The van der Waals surface area contributed by atoms with Gasteiger partial charge in [0.1, 0.15) is 0 Å². The van der Waals surface area contributed by atoms with Gasteiger partial charge in [0.05, 0.1) is 16.8 Å². The highest BCUT2D eigenvalue weighted by molar-refractivity contribution is 14.1. The summed E-state index contributed by atoms with van der Waals surface area (Å²) in [5.74, 6) is 0. The Balaban J connectivity index is 2.73. The zero-order valence-electron chi connectivity index (χ0n) is 9.74. The van der Waals surface area contributed by atoms with Gasteiger partial charge in [-0.2, -0.15) is 0 Å². The Bertz CT molecular complexity index is 384. The molecule has 4 heteroatoms. The van der Waals surface area contributed by atoms with E-state index in [1.165, 1.54) is 5.57 Å². The number of aryl methyl sites for hydroxylation is 1. The van der Waals surface area contributed by atoms with Crippen LogP contribution in [0.1, 0.15) is 24.0 Å². The summed E-state index contributed by atoms with van der Waals surface area (Å²) in [5, 5.41) is 3.17. The molecule has 0 N–H and O–H groups in total. The monoisotopic (exact) mass is 349 g/mol. The third kappa shape index (κ3) is 4.35. The van der Waals surface area contributed by atoms with E-state index in [1.807, 2.05) is 11.0 Å². The summed E-state index contributed by atoms with van der Waals surface area (Å²) in [4.78, 5) is 4.41. The first-order valence-corrected chi connectivity index (χ1v) is 7.18. The number of hydrogen-bond donors (Lipinski definition) is 0. The lowest BCUT2D eigenvalue weighted by atomic mass is 10.1. The molecule has 0 spiro atoms. The van der Waals surface area contributed by atoms with E-state index < -0.39 is 0 Å². The Hall–Kier alpha value is -0.200. The lowest BCUT2D eigenvalue weighted by molar-refractivity contribution is 0.135. The fraction of sp³-hybridized carbons (Fsp3) is 0.417. The molecule has 0 unspecified atom stereocenters. The van der Waals surface area contributed by atoms with Crippen molar-refractivity contribution in [2.75, 3.05) is 7.11 Å². The molecule has 0 aliphatic rings. The van der Waals surface area contributed by atoms with Crippen molar-refractivity contribution in [1.82, 2.24) is 4.98 Å². The standard InChI is InChI=1S/C12H16INOS/c1-9(12(15-3)5-4-6-13)7-11-8-16-10(2)14-11/h4,6-8,12H,5H2,1-3H3/t12-/m0/s1. The van der Waals surface area contributed by atoms with Gasteiger partial charge in [0, 0.05) is 12.5 Å². The molecular formula is C12H16INOS. The van der Waals surface area contributed by atoms with E-state index in [2.05, 4.69) is 52.0 Å². The van der Waals surface area contributed by atoms with Crippen LogP contribution < -0.4 is 0 Å². The van der Waals surface area contributed by atoms with Gasteiger partial charge in [-0.25, -0.2) is 4.98 Å². The van der Waals surface area contributed by atoms with Gasteiger partial charge in [0.2, 0.25) is 0 Å². The topological polar surface area (TPSA) is 22.1 Å². The first-order chi connectivity index (χ1) is 7.67. The highest BCUT2D eigenvalue weighted by Crippen LogP contribution is 2.17. The van der Waals surface area contributed by atoms with Crippen molar-refractivity contribution >= 4 is 40.0 Å². The molecule has 1 rings (SSSR count). The van der Waals surface area contributed by atoms with Gasteiger partial charge >= 0.3 is 0 Å². The number of ether oxygens (including phenoxy) is 1. The summed E-state index contributed by atoms with van der Waals surface area (Å²) >= 11 is 3.89. The van der Waals surface area contributed by atoms with Crippen molar-refractivity contribution in [2.45, 2.75) is 26.4 Å². The lowest BCUT2D eigenvalue weighted by Crippen LogP contribution is -2.10. The maximum absolute atomic E-state index is 5.45. The van der Waals surface area contributed by atoms with Gasteiger partial charge in [-0.15, -0.1) is 11.3 Å². The number of rotatable bonds is 5. The Morgan fingerprint density at radius 1 is 1.69 bits per heavy atom. The molecule has 0 amide bonds. The van der Waals surface area contributed by atoms with E-state index in [0.717, 1.165) is 17.1 Å². The Kier molecular flexibility index (Phi) is 6.23. The van der Waals surface area contributed by atoms with Gasteiger partial charge in [0.25, 0.3) is 0 Å². The molecule has 2 nitrogen and oxygen atoms in total. The number of aromatic nitrogens is 1. The molecule has 0 fully saturated rings. The normalized spacial score (nSPS) is 14.6. The van der Waals surface area contributed by atoms with Crippen LogP contribution in [0.3, 0.4) is 0 Å². The predicted octanol–water partition coefficient (Wildman–Crippen LogP) is 4.21. The maximum Gasteiger partial charge on any atom is 0.0901 e. The Morgan fingerprint density at radius 2 is 2.44 bits per heavy atom. The van der Waals surface area contributed by atoms with Gasteiger partial charge < -0.3 is 4.74 Å². The van der Waals surface area contributed by atoms with Crippen molar-refractivity contribution in [3.05, 3.63) is 31.8 Å². The molecule has 16 heavy (non-hydrogen) atoms. The van der Waals surface area contributed by atoms with Gasteiger partial charge in [-0.05, 0) is 36.0 Å². The second-order valence-corrected chi connectivity index (χ2v) is 5.28. The minimum Gasteiger partial charge on any atom is -0.377 e. The fourth-order valence-electron chi connectivity index (χ4n) is 1.42. The first kappa shape index (κ1) is 13.9. The van der Waals surface area contributed by atoms with Crippen LogP contribution in [0.2, 0.25) is 0 Å². The zero-order chi connectivity index (χ0) is 12.0. The average molecular weight is 349 g/mol. The largest absolute Gasteiger partial charge is 0.377 e. The number of hydrogen-bond acceptors (Lipinski definition) is 3. The fourth-order valence-corrected chi connectivity index (χ4v) is 2.28. The molecule has 0 aliphatic carbocycles. The highest BCUT2D eigenvalue weighted by atomic mass is 127. The van der Waals surface area contributed by atoms with Gasteiger partial charge in [-0.1, -0.05) is 28.7 Å². The molecule has 1 atom stereocenters. The number of thiazole rings is 1. The summed E-state index contributed by atoms with van der Waals surface area (Å²) < 4.78 is 7.46. The number of methoxy groups -OCH3 is 1. The van der Waals surface area contributed by atoms with Crippen LogP contribution in [-0.2, 0) is 4.74 Å². The van der Waals surface area contributed by atoms with Crippen molar-refractivity contribution in [1.29, 1.82) is 0 Å². The summed E-state index contributed by atoms with van der Waals surface area (Å²) in [5.41, 5.74) is 2.24. The van der Waals surface area contributed by atoms with Crippen molar-refractivity contribution < 1.29 is 4.74 Å². The minimum absolute atomic E-state index is 0.146. The summed E-state index contributed by atoms with van der Waals surface area (Å²) in [6.07, 6.45) is 5.26. The average Bonchev–Trinajstić information content (AvgIpc) is 2.65. The van der Waals surface area contributed by atoms with Crippen molar-refractivity contribution in [3.63, 3.8) is 0 Å². The number of nitrogens with zero attached hydrogens (tertiary/aromatic N) is 1. The molecular weight excluding hydrogens is 333 g/mol. The van der Waals surface area contributed by atoms with Crippen LogP contribution in [0.4, 0.5) is 0 Å². The smallest absolute Gasteiger partial charge is 0.0901 e. The zero-order valence-corrected chi connectivity index (χ0v) is 12.7. The molecule has 0 radical (unpaired) electrons. The number of halogens is 1.